The van der Waals surface area contributed by atoms with Crippen molar-refractivity contribution in [2.45, 2.75) is 37.1 Å². The molecule has 1 N–H and O–H groups in total. The van der Waals surface area contributed by atoms with E-state index in [0.717, 1.165) is 6.54 Å². The number of morpholine rings is 1. The van der Waals surface area contributed by atoms with E-state index in [2.05, 4.69) is 23.1 Å². The number of nitrogens with zero attached hydrogens (tertiary/aromatic N) is 2. The van der Waals surface area contributed by atoms with Gasteiger partial charge in [0.25, 0.3) is 0 Å². The molecule has 0 spiro atoms. The number of piperidine rings is 1. The van der Waals surface area contributed by atoms with E-state index in [1.54, 1.807) is 0 Å². The van der Waals surface area contributed by atoms with Gasteiger partial charge in [-0.15, -0.1) is 0 Å². The normalized spacial score (nSPS) is 28.5. The minimum absolute atomic E-state index is 0.0301. The summed E-state index contributed by atoms with van der Waals surface area (Å²) in [5, 5.41) is 20.8. The van der Waals surface area contributed by atoms with Gasteiger partial charge in [-0.05, 0) is 36.6 Å². The van der Waals surface area contributed by atoms with Crippen molar-refractivity contribution in [2.75, 3.05) is 13.2 Å². The van der Waals surface area contributed by atoms with Crippen LogP contribution >= 0.6 is 0 Å². The molecule has 2 fully saturated rings. The highest BCUT2D eigenvalue weighted by Gasteiger charge is 2.47. The lowest BCUT2D eigenvalue weighted by Gasteiger charge is -2.52. The van der Waals surface area contributed by atoms with Gasteiger partial charge in [0.15, 0.2) is 0 Å². The molecule has 2 unspecified atom stereocenters. The summed E-state index contributed by atoms with van der Waals surface area (Å²) < 4.78 is 19.5. The van der Waals surface area contributed by atoms with Crippen molar-refractivity contribution in [3.8, 4) is 6.07 Å². The molecule has 4 rings (SSSR count). The highest BCUT2D eigenvalue weighted by atomic mass is 19.1. The molecule has 2 aromatic rings. The molecule has 2 aliphatic heterocycles. The zero-order chi connectivity index (χ0) is 18.1. The first-order valence-corrected chi connectivity index (χ1v) is 8.89. The Balaban J connectivity index is 1.64. The van der Waals surface area contributed by atoms with Crippen molar-refractivity contribution < 1.29 is 14.2 Å². The molecule has 2 aromatic carbocycles. The van der Waals surface area contributed by atoms with E-state index in [1.165, 1.54) is 23.8 Å². The summed E-state index contributed by atoms with van der Waals surface area (Å²) in [6.07, 6.45) is 0.850. The predicted molar refractivity (Wildman–Crippen MR) is 94.6 cm³/mol. The van der Waals surface area contributed by atoms with E-state index in [0.29, 0.717) is 37.2 Å². The molecule has 0 aromatic heterocycles. The van der Waals surface area contributed by atoms with Gasteiger partial charge in [-0.25, -0.2) is 4.39 Å². The maximum Gasteiger partial charge on any atom is 0.123 e. The second kappa shape index (κ2) is 6.81. The molecule has 2 aliphatic rings. The van der Waals surface area contributed by atoms with Crippen LogP contribution < -0.4 is 0 Å². The van der Waals surface area contributed by atoms with E-state index in [4.69, 9.17) is 4.74 Å². The molecule has 26 heavy (non-hydrogen) atoms. The predicted octanol–water partition coefficient (Wildman–Crippen LogP) is 2.95. The summed E-state index contributed by atoms with van der Waals surface area (Å²) in [6, 6.07) is 16.4. The number of rotatable bonds is 3. The molecule has 0 amide bonds. The topological polar surface area (TPSA) is 56.5 Å². The minimum Gasteiger partial charge on any atom is -0.385 e. The third-order valence-electron chi connectivity index (χ3n) is 5.52. The van der Waals surface area contributed by atoms with Gasteiger partial charge in [-0.3, -0.25) is 4.90 Å². The molecule has 4 nitrogen and oxygen atoms in total. The lowest BCUT2D eigenvalue weighted by molar-refractivity contribution is -0.149. The summed E-state index contributed by atoms with van der Waals surface area (Å²) in [5.74, 6) is -0.430. The first-order chi connectivity index (χ1) is 12.6. The Bertz CT molecular complexity index is 820. The Morgan fingerprint density at radius 2 is 1.85 bits per heavy atom. The average molecular weight is 352 g/mol. The Kier molecular flexibility index (Phi) is 4.49. The molecule has 5 heteroatoms. The maximum absolute atomic E-state index is 13.8. The van der Waals surface area contributed by atoms with Crippen LogP contribution in [0, 0.1) is 17.1 Å². The van der Waals surface area contributed by atoms with Gasteiger partial charge in [0.2, 0.25) is 0 Å². The van der Waals surface area contributed by atoms with E-state index >= 15 is 0 Å². The summed E-state index contributed by atoms with van der Waals surface area (Å²) in [6.45, 7) is 1.86. The van der Waals surface area contributed by atoms with Crippen molar-refractivity contribution >= 4 is 0 Å². The third-order valence-corrected chi connectivity index (χ3v) is 5.52. The Hall–Kier alpha value is -2.26. The van der Waals surface area contributed by atoms with Gasteiger partial charge in [0.05, 0.1) is 30.4 Å². The fraction of sp³-hybridized carbons (Fsp3) is 0.381. The van der Waals surface area contributed by atoms with Crippen LogP contribution in [0.2, 0.25) is 0 Å². The number of benzene rings is 2. The first kappa shape index (κ1) is 17.2. The van der Waals surface area contributed by atoms with Gasteiger partial charge < -0.3 is 9.84 Å². The number of hydrogen-bond acceptors (Lipinski definition) is 4. The Labute approximate surface area is 152 Å². The van der Waals surface area contributed by atoms with Gasteiger partial charge in [0, 0.05) is 24.2 Å². The fourth-order valence-corrected chi connectivity index (χ4v) is 4.32. The molecule has 0 radical (unpaired) electrons. The highest BCUT2D eigenvalue weighted by Crippen LogP contribution is 2.42. The van der Waals surface area contributed by atoms with Crippen LogP contribution in [0.15, 0.2) is 48.5 Å². The molecule has 0 aliphatic carbocycles. The average Bonchev–Trinajstić information content (AvgIpc) is 2.63. The van der Waals surface area contributed by atoms with E-state index < -0.39 is 11.4 Å². The minimum atomic E-state index is -1.21. The molecule has 2 bridgehead atoms. The van der Waals surface area contributed by atoms with Crippen LogP contribution in [0.4, 0.5) is 4.39 Å². The molecule has 2 saturated heterocycles. The molecular weight excluding hydrogens is 331 g/mol. The maximum atomic E-state index is 13.8. The standard InChI is InChI=1S/C21H21FN2O2/c22-17-7-6-16(11-23)20(8-17)21(25)9-18-13-26-14-19(10-21)24(18)12-15-4-2-1-3-5-15/h1-8,18-19,25H,9-10,12-14H2. The molecule has 134 valence electrons. The molecular formula is C21H21FN2O2. The van der Waals surface area contributed by atoms with E-state index in [9.17, 15) is 14.8 Å². The molecule has 2 atom stereocenters. The van der Waals surface area contributed by atoms with Gasteiger partial charge >= 0.3 is 0 Å². The van der Waals surface area contributed by atoms with Crippen molar-refractivity contribution in [2.24, 2.45) is 0 Å². The number of ether oxygens (including phenoxy) is 1. The number of fused-ring (bicyclic) bond motifs is 2. The van der Waals surface area contributed by atoms with E-state index in [-0.39, 0.29) is 12.1 Å². The lowest BCUT2D eigenvalue weighted by atomic mass is 9.75. The number of halogens is 1. The van der Waals surface area contributed by atoms with Gasteiger partial charge in [0.1, 0.15) is 5.82 Å². The molecule has 2 heterocycles. The van der Waals surface area contributed by atoms with Crippen LogP contribution in [0.1, 0.15) is 29.5 Å². The zero-order valence-corrected chi connectivity index (χ0v) is 14.4. The zero-order valence-electron chi connectivity index (χ0n) is 14.4. The first-order valence-electron chi connectivity index (χ1n) is 8.89. The Morgan fingerprint density at radius 3 is 2.50 bits per heavy atom. The largest absolute Gasteiger partial charge is 0.385 e. The van der Waals surface area contributed by atoms with Crippen LogP contribution in [0.5, 0.6) is 0 Å². The third kappa shape index (κ3) is 3.12. The second-order valence-corrected chi connectivity index (χ2v) is 7.24. The van der Waals surface area contributed by atoms with Crippen molar-refractivity contribution in [1.29, 1.82) is 5.26 Å². The summed E-state index contributed by atoms with van der Waals surface area (Å²) >= 11 is 0. The van der Waals surface area contributed by atoms with Crippen molar-refractivity contribution in [1.82, 2.24) is 4.90 Å². The summed E-state index contributed by atoms with van der Waals surface area (Å²) in [7, 11) is 0. The van der Waals surface area contributed by atoms with Crippen molar-refractivity contribution in [3.05, 3.63) is 71.0 Å². The number of nitriles is 1. The number of aliphatic hydroxyl groups is 1. The van der Waals surface area contributed by atoms with Crippen molar-refractivity contribution in [3.63, 3.8) is 0 Å². The summed E-state index contributed by atoms with van der Waals surface area (Å²) in [4.78, 5) is 2.37. The van der Waals surface area contributed by atoms with Crippen LogP contribution in [-0.4, -0.2) is 35.3 Å². The lowest BCUT2D eigenvalue weighted by Crippen LogP contribution is -2.60. The highest BCUT2D eigenvalue weighted by molar-refractivity contribution is 5.42. The Morgan fingerprint density at radius 1 is 1.15 bits per heavy atom. The van der Waals surface area contributed by atoms with E-state index in [1.807, 2.05) is 18.2 Å². The molecule has 0 saturated carbocycles. The van der Waals surface area contributed by atoms with Crippen LogP contribution in [0.25, 0.3) is 0 Å². The fourth-order valence-electron chi connectivity index (χ4n) is 4.32. The monoisotopic (exact) mass is 352 g/mol. The van der Waals surface area contributed by atoms with Crippen LogP contribution in [-0.2, 0) is 16.9 Å². The number of hydrogen-bond donors (Lipinski definition) is 1. The summed E-state index contributed by atoms with van der Waals surface area (Å²) in [5.41, 5.74) is 0.749. The second-order valence-electron chi connectivity index (χ2n) is 7.24. The van der Waals surface area contributed by atoms with Gasteiger partial charge in [-0.1, -0.05) is 30.3 Å². The smallest absolute Gasteiger partial charge is 0.123 e. The SMILES string of the molecule is N#Cc1ccc(F)cc1C1(O)CC2COCC(C1)N2Cc1ccccc1. The van der Waals surface area contributed by atoms with Gasteiger partial charge in [-0.2, -0.15) is 5.26 Å². The quantitative estimate of drug-likeness (QED) is 0.923. The van der Waals surface area contributed by atoms with Crippen LogP contribution in [0.3, 0.4) is 0 Å².